The van der Waals surface area contributed by atoms with Crippen molar-refractivity contribution in [1.82, 2.24) is 0 Å². The molecule has 0 spiro atoms. The molecule has 2 heterocycles. The van der Waals surface area contributed by atoms with Gasteiger partial charge in [-0.05, 0) is 36.3 Å². The van der Waals surface area contributed by atoms with Crippen LogP contribution in [0.4, 0.5) is 0 Å². The van der Waals surface area contributed by atoms with Crippen LogP contribution in [-0.2, 0) is 0 Å². The van der Waals surface area contributed by atoms with Gasteiger partial charge in [0.05, 0.1) is 10.9 Å². The molecule has 0 aliphatic carbocycles. The molecule has 0 aliphatic rings. The van der Waals surface area contributed by atoms with Gasteiger partial charge in [0, 0.05) is 6.07 Å². The van der Waals surface area contributed by atoms with Crippen LogP contribution in [0.1, 0.15) is 12.7 Å². The number of phenols is 2. The number of fused-ring (bicyclic) bond motifs is 2. The van der Waals surface area contributed by atoms with Gasteiger partial charge >= 0.3 is 0 Å². The van der Waals surface area contributed by atoms with Crippen LogP contribution in [0.2, 0.25) is 0 Å². The lowest BCUT2D eigenvalue weighted by atomic mass is 10.0. The van der Waals surface area contributed by atoms with Gasteiger partial charge < -0.3 is 19.0 Å². The number of allylic oxidation sites excluding steroid dienone is 1. The van der Waals surface area contributed by atoms with Gasteiger partial charge in [0.2, 0.25) is 5.43 Å². The van der Waals surface area contributed by atoms with Crippen LogP contribution in [0.25, 0.3) is 38.6 Å². The van der Waals surface area contributed by atoms with Crippen LogP contribution in [0.5, 0.6) is 11.5 Å². The predicted octanol–water partition coefficient (Wildman–Crippen LogP) is 4.65. The molecule has 4 rings (SSSR count). The number of hydrogen-bond donors (Lipinski definition) is 2. The second kappa shape index (κ2) is 5.27. The largest absolute Gasteiger partial charge is 0.508 e. The summed E-state index contributed by atoms with van der Waals surface area (Å²) in [6.07, 6.45) is 1.34. The van der Waals surface area contributed by atoms with Crippen molar-refractivity contribution in [2.45, 2.75) is 6.92 Å². The molecule has 4 aromatic rings. The summed E-state index contributed by atoms with van der Waals surface area (Å²) in [7, 11) is 0. The Morgan fingerprint density at radius 2 is 1.80 bits per heavy atom. The van der Waals surface area contributed by atoms with Crippen LogP contribution in [-0.4, -0.2) is 10.2 Å². The Morgan fingerprint density at radius 1 is 1.08 bits per heavy atom. The van der Waals surface area contributed by atoms with Gasteiger partial charge in [-0.3, -0.25) is 4.79 Å². The number of hydrogen-bond acceptors (Lipinski definition) is 5. The maximum Gasteiger partial charge on any atom is 0.204 e. The van der Waals surface area contributed by atoms with Crippen molar-refractivity contribution in [3.8, 4) is 22.6 Å². The van der Waals surface area contributed by atoms with Crippen LogP contribution in [0.3, 0.4) is 0 Å². The zero-order valence-electron chi connectivity index (χ0n) is 13.4. The molecule has 5 nitrogen and oxygen atoms in total. The Bertz CT molecular complexity index is 1190. The number of rotatable bonds is 2. The third-order valence-electron chi connectivity index (χ3n) is 4.14. The average molecular weight is 334 g/mol. The highest BCUT2D eigenvalue weighted by atomic mass is 16.3. The van der Waals surface area contributed by atoms with Crippen molar-refractivity contribution in [3.63, 3.8) is 0 Å². The quantitative estimate of drug-likeness (QED) is 0.557. The van der Waals surface area contributed by atoms with Crippen LogP contribution in [0, 0.1) is 0 Å². The maximum absolute atomic E-state index is 12.9. The van der Waals surface area contributed by atoms with Gasteiger partial charge in [-0.2, -0.15) is 0 Å². The van der Waals surface area contributed by atoms with Crippen molar-refractivity contribution in [2.24, 2.45) is 0 Å². The number of aromatic hydroxyl groups is 2. The van der Waals surface area contributed by atoms with E-state index in [0.29, 0.717) is 33.4 Å². The molecule has 5 heteroatoms. The van der Waals surface area contributed by atoms with E-state index < -0.39 is 0 Å². The van der Waals surface area contributed by atoms with Gasteiger partial charge in [0.1, 0.15) is 40.1 Å². The Labute approximate surface area is 142 Å². The van der Waals surface area contributed by atoms with Crippen molar-refractivity contribution >= 4 is 27.5 Å². The summed E-state index contributed by atoms with van der Waals surface area (Å²) in [5, 5.41) is 20.5. The van der Waals surface area contributed by atoms with Gasteiger partial charge in [-0.25, -0.2) is 0 Å². The minimum Gasteiger partial charge on any atom is -0.508 e. The lowest BCUT2D eigenvalue weighted by Gasteiger charge is -2.05. The predicted molar refractivity (Wildman–Crippen MR) is 95.7 cm³/mol. The minimum atomic E-state index is -0.357. The standard InChI is InChI=1S/C20H14O5/c1-10(2)15-7-13-16(25-15)8-17-18(19(13)22)20(23)14(9-24-17)11-3-5-12(21)6-4-11/h3-9,21-22H,1H2,2H3. The van der Waals surface area contributed by atoms with Gasteiger partial charge in [0.15, 0.2) is 0 Å². The summed E-state index contributed by atoms with van der Waals surface area (Å²) in [6.45, 7) is 5.61. The highest BCUT2D eigenvalue weighted by Crippen LogP contribution is 2.36. The normalized spacial score (nSPS) is 11.2. The Morgan fingerprint density at radius 3 is 2.48 bits per heavy atom. The summed E-state index contributed by atoms with van der Waals surface area (Å²) in [5.74, 6) is 0.453. The second-order valence-corrected chi connectivity index (χ2v) is 5.93. The third kappa shape index (κ3) is 2.29. The van der Waals surface area contributed by atoms with Crippen molar-refractivity contribution < 1.29 is 19.0 Å². The van der Waals surface area contributed by atoms with Crippen molar-refractivity contribution in [3.05, 3.63) is 65.2 Å². The van der Waals surface area contributed by atoms with E-state index in [-0.39, 0.29) is 27.9 Å². The molecule has 0 fully saturated rings. The van der Waals surface area contributed by atoms with E-state index in [9.17, 15) is 15.0 Å². The van der Waals surface area contributed by atoms with E-state index in [2.05, 4.69) is 6.58 Å². The number of benzene rings is 2. The molecule has 2 aromatic heterocycles. The lowest BCUT2D eigenvalue weighted by molar-refractivity contribution is 0.475. The minimum absolute atomic E-state index is 0.0899. The smallest absolute Gasteiger partial charge is 0.204 e. The first-order valence-electron chi connectivity index (χ1n) is 7.62. The van der Waals surface area contributed by atoms with Gasteiger partial charge in [-0.15, -0.1) is 0 Å². The Hall–Kier alpha value is -3.47. The first-order valence-corrected chi connectivity index (χ1v) is 7.62. The van der Waals surface area contributed by atoms with Crippen molar-refractivity contribution in [2.75, 3.05) is 0 Å². The average Bonchev–Trinajstić information content (AvgIpc) is 3.01. The molecular weight excluding hydrogens is 320 g/mol. The molecular formula is C20H14O5. The molecule has 25 heavy (non-hydrogen) atoms. The topological polar surface area (TPSA) is 83.8 Å². The molecule has 0 unspecified atom stereocenters. The zero-order valence-corrected chi connectivity index (χ0v) is 13.4. The van der Waals surface area contributed by atoms with Gasteiger partial charge in [0.25, 0.3) is 0 Å². The molecule has 0 saturated heterocycles. The second-order valence-electron chi connectivity index (χ2n) is 5.93. The number of phenolic OH excluding ortho intramolecular Hbond substituents is 2. The fraction of sp³-hybridized carbons (Fsp3) is 0.0500. The highest BCUT2D eigenvalue weighted by molar-refractivity contribution is 6.02. The summed E-state index contributed by atoms with van der Waals surface area (Å²) in [5.41, 5.74) is 1.89. The van der Waals surface area contributed by atoms with Crippen LogP contribution < -0.4 is 5.43 Å². The summed E-state index contributed by atoms with van der Waals surface area (Å²) in [6, 6.07) is 9.42. The van der Waals surface area contributed by atoms with Crippen molar-refractivity contribution in [1.29, 1.82) is 0 Å². The first-order chi connectivity index (χ1) is 12.0. The molecule has 0 atom stereocenters. The Kier molecular flexibility index (Phi) is 3.18. The lowest BCUT2D eigenvalue weighted by Crippen LogP contribution is -2.05. The van der Waals surface area contributed by atoms with E-state index in [1.807, 2.05) is 0 Å². The van der Waals surface area contributed by atoms with E-state index in [4.69, 9.17) is 8.83 Å². The number of furan rings is 1. The molecule has 0 saturated carbocycles. The molecule has 0 radical (unpaired) electrons. The molecule has 124 valence electrons. The molecule has 2 aromatic carbocycles. The molecule has 2 N–H and O–H groups in total. The third-order valence-corrected chi connectivity index (χ3v) is 4.14. The molecule has 0 aliphatic heterocycles. The SMILES string of the molecule is C=C(C)c1cc2c(O)c3c(=O)c(-c4ccc(O)cc4)coc3cc2o1. The monoisotopic (exact) mass is 334 g/mol. The maximum atomic E-state index is 12.9. The summed E-state index contributed by atoms with van der Waals surface area (Å²) < 4.78 is 11.2. The zero-order chi connectivity index (χ0) is 17.7. The van der Waals surface area contributed by atoms with E-state index in [1.165, 1.54) is 18.4 Å². The fourth-order valence-corrected chi connectivity index (χ4v) is 2.81. The Balaban J connectivity index is 2.04. The van der Waals surface area contributed by atoms with Crippen LogP contribution >= 0.6 is 0 Å². The summed E-state index contributed by atoms with van der Waals surface area (Å²) in [4.78, 5) is 12.9. The van der Waals surface area contributed by atoms with E-state index in [1.54, 1.807) is 31.2 Å². The molecule has 0 bridgehead atoms. The van der Waals surface area contributed by atoms with Crippen LogP contribution in [0.15, 0.2) is 62.9 Å². The van der Waals surface area contributed by atoms with E-state index in [0.717, 1.165) is 0 Å². The summed E-state index contributed by atoms with van der Waals surface area (Å²) >= 11 is 0. The fourth-order valence-electron chi connectivity index (χ4n) is 2.81. The van der Waals surface area contributed by atoms with Gasteiger partial charge in [-0.1, -0.05) is 18.7 Å². The first kappa shape index (κ1) is 15.1. The highest BCUT2D eigenvalue weighted by Gasteiger charge is 2.18. The van der Waals surface area contributed by atoms with E-state index >= 15 is 0 Å². The molecule has 0 amide bonds.